The minimum absolute atomic E-state index is 0.498. The average Bonchev–Trinajstić information content (AvgIpc) is 3.21. The summed E-state index contributed by atoms with van der Waals surface area (Å²) in [5, 5.41) is 10.3. The molecule has 0 amide bonds. The predicted octanol–water partition coefficient (Wildman–Crippen LogP) is 0.605. The van der Waals surface area contributed by atoms with Gasteiger partial charge in [-0.15, -0.1) is 0 Å². The van der Waals surface area contributed by atoms with Crippen molar-refractivity contribution in [3.05, 3.63) is 18.5 Å². The van der Waals surface area contributed by atoms with Gasteiger partial charge in [-0.1, -0.05) is 0 Å². The molecule has 3 rings (SSSR count). The fourth-order valence-corrected chi connectivity index (χ4v) is 2.09. The Morgan fingerprint density at radius 2 is 2.10 bits per heavy atom. The molecular weight excluding hydrogens is 268 g/mol. The molecule has 0 spiro atoms. The molecule has 0 atom stereocenters. The van der Waals surface area contributed by atoms with Gasteiger partial charge in [0.05, 0.1) is 0 Å². The number of nitrogens with one attached hydrogen (secondary N) is 2. The number of anilines is 2. The maximum Gasteiger partial charge on any atom is 0.257 e. The number of likely N-dealkylation sites (N-methyl/N-ethyl adjacent to an activating group) is 1. The molecule has 1 saturated carbocycles. The molecular formula is C13H20N8. The van der Waals surface area contributed by atoms with E-state index in [1.807, 2.05) is 6.07 Å². The van der Waals surface area contributed by atoms with Crippen molar-refractivity contribution in [2.45, 2.75) is 18.9 Å². The third-order valence-electron chi connectivity index (χ3n) is 3.47. The van der Waals surface area contributed by atoms with Crippen LogP contribution >= 0.6 is 0 Å². The van der Waals surface area contributed by atoms with E-state index in [2.05, 4.69) is 42.6 Å². The van der Waals surface area contributed by atoms with E-state index in [1.165, 1.54) is 12.8 Å². The van der Waals surface area contributed by atoms with E-state index >= 15 is 0 Å². The van der Waals surface area contributed by atoms with Crippen molar-refractivity contribution in [1.82, 2.24) is 29.6 Å². The van der Waals surface area contributed by atoms with Crippen molar-refractivity contribution in [3.8, 4) is 5.95 Å². The van der Waals surface area contributed by atoms with Crippen molar-refractivity contribution in [3.63, 3.8) is 0 Å². The first-order valence-corrected chi connectivity index (χ1v) is 7.14. The summed E-state index contributed by atoms with van der Waals surface area (Å²) in [4.78, 5) is 15.4. The van der Waals surface area contributed by atoms with Gasteiger partial charge in [0.25, 0.3) is 5.95 Å². The first kappa shape index (κ1) is 13.7. The molecule has 2 heterocycles. The molecule has 1 aliphatic carbocycles. The highest BCUT2D eigenvalue weighted by atomic mass is 15.4. The monoisotopic (exact) mass is 288 g/mol. The Morgan fingerprint density at radius 1 is 1.29 bits per heavy atom. The second-order valence-corrected chi connectivity index (χ2v) is 5.12. The van der Waals surface area contributed by atoms with E-state index in [9.17, 15) is 0 Å². The van der Waals surface area contributed by atoms with Gasteiger partial charge in [0.15, 0.2) is 0 Å². The van der Waals surface area contributed by atoms with Crippen molar-refractivity contribution in [2.75, 3.05) is 37.8 Å². The number of hydrogen-bond acceptors (Lipinski definition) is 7. The molecule has 0 aromatic carbocycles. The fraction of sp³-hybridized carbons (Fsp3) is 0.538. The van der Waals surface area contributed by atoms with Crippen LogP contribution in [0.4, 0.5) is 11.9 Å². The summed E-state index contributed by atoms with van der Waals surface area (Å²) in [5.74, 6) is 1.58. The third-order valence-corrected chi connectivity index (χ3v) is 3.47. The summed E-state index contributed by atoms with van der Waals surface area (Å²) in [6.45, 7) is 1.78. The summed E-state index contributed by atoms with van der Waals surface area (Å²) in [5.41, 5.74) is 0. The van der Waals surface area contributed by atoms with Crippen molar-refractivity contribution in [2.24, 2.45) is 0 Å². The lowest BCUT2D eigenvalue weighted by molar-refractivity contribution is 0.337. The van der Waals surface area contributed by atoms with Crippen LogP contribution in [0.1, 0.15) is 12.8 Å². The first-order valence-electron chi connectivity index (χ1n) is 7.14. The lowest BCUT2D eigenvalue weighted by Crippen LogP contribution is -2.27. The highest BCUT2D eigenvalue weighted by Gasteiger charge is 2.25. The molecule has 21 heavy (non-hydrogen) atoms. The van der Waals surface area contributed by atoms with E-state index in [0.29, 0.717) is 17.8 Å². The summed E-state index contributed by atoms with van der Waals surface area (Å²) in [6.07, 6.45) is 6.13. The zero-order chi connectivity index (χ0) is 14.7. The summed E-state index contributed by atoms with van der Waals surface area (Å²) >= 11 is 0. The summed E-state index contributed by atoms with van der Waals surface area (Å²) < 4.78 is 1.62. The van der Waals surface area contributed by atoms with Crippen LogP contribution in [0.5, 0.6) is 0 Å². The second kappa shape index (κ2) is 6.04. The van der Waals surface area contributed by atoms with E-state index < -0.39 is 0 Å². The SMILES string of the molecule is CNc1nc(NCCN(C)C2CC2)nc(-n2cccn2)n1. The Labute approximate surface area is 123 Å². The molecule has 1 aliphatic rings. The van der Waals surface area contributed by atoms with Crippen LogP contribution in [0.3, 0.4) is 0 Å². The van der Waals surface area contributed by atoms with Gasteiger partial charge < -0.3 is 15.5 Å². The van der Waals surface area contributed by atoms with Gasteiger partial charge in [0.2, 0.25) is 11.9 Å². The van der Waals surface area contributed by atoms with Crippen LogP contribution in [0.2, 0.25) is 0 Å². The summed E-state index contributed by atoms with van der Waals surface area (Å²) in [7, 11) is 3.94. The smallest absolute Gasteiger partial charge is 0.257 e. The van der Waals surface area contributed by atoms with Crippen molar-refractivity contribution >= 4 is 11.9 Å². The molecule has 8 heteroatoms. The minimum atomic E-state index is 0.498. The average molecular weight is 288 g/mol. The van der Waals surface area contributed by atoms with Crippen LogP contribution in [0.25, 0.3) is 5.95 Å². The molecule has 8 nitrogen and oxygen atoms in total. The Hall–Kier alpha value is -2.22. The molecule has 0 unspecified atom stereocenters. The molecule has 2 aromatic rings. The largest absolute Gasteiger partial charge is 0.357 e. The standard InChI is InChI=1S/C13H20N8/c1-14-11-17-12(15-7-9-20(2)10-4-5-10)19-13(18-11)21-8-3-6-16-21/h3,6,8,10H,4-5,7,9H2,1-2H3,(H2,14,15,17,18,19). The quantitative estimate of drug-likeness (QED) is 0.772. The number of hydrogen-bond donors (Lipinski definition) is 2. The zero-order valence-corrected chi connectivity index (χ0v) is 12.3. The molecule has 0 radical (unpaired) electrons. The number of aromatic nitrogens is 5. The van der Waals surface area contributed by atoms with Crippen LogP contribution in [0.15, 0.2) is 18.5 Å². The Kier molecular flexibility index (Phi) is 3.96. The van der Waals surface area contributed by atoms with E-state index in [1.54, 1.807) is 24.1 Å². The van der Waals surface area contributed by atoms with Gasteiger partial charge in [-0.05, 0) is 26.0 Å². The maximum atomic E-state index is 4.39. The Bertz CT molecular complexity index is 578. The van der Waals surface area contributed by atoms with E-state index in [-0.39, 0.29) is 0 Å². The number of nitrogens with zero attached hydrogens (tertiary/aromatic N) is 6. The maximum absolute atomic E-state index is 4.39. The van der Waals surface area contributed by atoms with E-state index in [4.69, 9.17) is 0 Å². The van der Waals surface area contributed by atoms with E-state index in [0.717, 1.165) is 19.1 Å². The van der Waals surface area contributed by atoms with Gasteiger partial charge in [0, 0.05) is 38.6 Å². The van der Waals surface area contributed by atoms with Crippen LogP contribution in [0, 0.1) is 0 Å². The number of rotatable bonds is 7. The molecule has 2 aromatic heterocycles. The zero-order valence-electron chi connectivity index (χ0n) is 12.3. The Morgan fingerprint density at radius 3 is 2.76 bits per heavy atom. The van der Waals surface area contributed by atoms with Gasteiger partial charge in [0.1, 0.15) is 0 Å². The topological polar surface area (TPSA) is 83.8 Å². The summed E-state index contributed by atoms with van der Waals surface area (Å²) in [6, 6.07) is 2.60. The highest BCUT2D eigenvalue weighted by molar-refractivity contribution is 5.37. The first-order chi connectivity index (χ1) is 10.3. The lowest BCUT2D eigenvalue weighted by Gasteiger charge is -2.16. The van der Waals surface area contributed by atoms with Crippen molar-refractivity contribution in [1.29, 1.82) is 0 Å². The molecule has 0 saturated heterocycles. The normalized spacial score (nSPS) is 14.4. The fourth-order valence-electron chi connectivity index (χ4n) is 2.09. The van der Waals surface area contributed by atoms with Crippen LogP contribution in [-0.2, 0) is 0 Å². The Balaban J connectivity index is 1.67. The second-order valence-electron chi connectivity index (χ2n) is 5.12. The van der Waals surface area contributed by atoms with Crippen molar-refractivity contribution < 1.29 is 0 Å². The van der Waals surface area contributed by atoms with Gasteiger partial charge >= 0.3 is 0 Å². The third kappa shape index (κ3) is 3.46. The van der Waals surface area contributed by atoms with Gasteiger partial charge in [-0.3, -0.25) is 0 Å². The van der Waals surface area contributed by atoms with Gasteiger partial charge in [-0.25, -0.2) is 4.68 Å². The molecule has 112 valence electrons. The van der Waals surface area contributed by atoms with Gasteiger partial charge in [-0.2, -0.15) is 20.1 Å². The van der Waals surface area contributed by atoms with Crippen LogP contribution < -0.4 is 10.6 Å². The predicted molar refractivity (Wildman–Crippen MR) is 80.6 cm³/mol. The van der Waals surface area contributed by atoms with Crippen LogP contribution in [-0.4, -0.2) is 62.9 Å². The molecule has 0 bridgehead atoms. The minimum Gasteiger partial charge on any atom is -0.357 e. The molecule has 1 fully saturated rings. The lowest BCUT2D eigenvalue weighted by atomic mass is 10.5. The molecule has 0 aliphatic heterocycles. The molecule has 2 N–H and O–H groups in total. The highest BCUT2D eigenvalue weighted by Crippen LogP contribution is 2.24.